The maximum Gasteiger partial charge on any atom is 0.303 e. The maximum absolute atomic E-state index is 11.3. The van der Waals surface area contributed by atoms with Crippen molar-refractivity contribution in [3.63, 3.8) is 0 Å². The molecule has 0 spiro atoms. The Balaban J connectivity index is 1.55. The van der Waals surface area contributed by atoms with E-state index in [1.54, 1.807) is 0 Å². The lowest BCUT2D eigenvalue weighted by molar-refractivity contribution is -0.174. The third-order valence-electron chi connectivity index (χ3n) is 10.4. The fourth-order valence-electron chi connectivity index (χ4n) is 9.04. The van der Waals surface area contributed by atoms with Gasteiger partial charge in [-0.2, -0.15) is 0 Å². The summed E-state index contributed by atoms with van der Waals surface area (Å²) in [6, 6.07) is 0. The summed E-state index contributed by atoms with van der Waals surface area (Å²) in [7, 11) is 0. The third-order valence-corrected chi connectivity index (χ3v) is 10.4. The lowest BCUT2D eigenvalue weighted by atomic mass is 9.43. The van der Waals surface area contributed by atoms with Gasteiger partial charge in [0.05, 0.1) is 18.3 Å². The Kier molecular flexibility index (Phi) is 6.04. The molecule has 0 aromatic rings. The van der Waals surface area contributed by atoms with Crippen LogP contribution in [0.3, 0.4) is 0 Å². The maximum atomic E-state index is 11.3. The zero-order valence-electron chi connectivity index (χ0n) is 19.0. The summed E-state index contributed by atoms with van der Waals surface area (Å²) in [5, 5.41) is 41.6. The van der Waals surface area contributed by atoms with Gasteiger partial charge in [-0.25, -0.2) is 0 Å². The van der Waals surface area contributed by atoms with E-state index in [1.807, 2.05) is 0 Å². The molecular weight excluding hydrogens is 380 g/mol. The van der Waals surface area contributed by atoms with Gasteiger partial charge in [0.15, 0.2) is 0 Å². The predicted octanol–water partition coefficient (Wildman–Crippen LogP) is 3.84. The van der Waals surface area contributed by atoms with Crippen LogP contribution in [0.15, 0.2) is 0 Å². The standard InChI is InChI=1S/C25H42O5/c1-14(5-4-6-21(29)30)23-20(28)13-18-22-17(8-10-25(18,23)3)24(2)9-7-16(26)11-15(24)12-19(22)27/h14-20,22-23,26-28H,4-13H2,1-3H3,(H,29,30)/t14-,15+,16-,17+,18+,19-,20-,22-,23+,24+,25+/m1/s1. The Bertz CT molecular complexity index is 651. The van der Waals surface area contributed by atoms with E-state index in [9.17, 15) is 20.1 Å². The van der Waals surface area contributed by atoms with E-state index in [2.05, 4.69) is 20.8 Å². The number of rotatable bonds is 5. The Hall–Kier alpha value is -0.650. The van der Waals surface area contributed by atoms with Crippen molar-refractivity contribution < 1.29 is 25.2 Å². The van der Waals surface area contributed by atoms with Crippen LogP contribution < -0.4 is 0 Å². The van der Waals surface area contributed by atoms with Crippen LogP contribution in [0.25, 0.3) is 0 Å². The van der Waals surface area contributed by atoms with Crippen molar-refractivity contribution in [1.29, 1.82) is 0 Å². The molecule has 0 amide bonds. The van der Waals surface area contributed by atoms with Crippen LogP contribution in [-0.4, -0.2) is 44.7 Å². The summed E-state index contributed by atoms with van der Waals surface area (Å²) in [5.74, 6) is 1.18. The minimum absolute atomic E-state index is 0.0155. The second-order valence-corrected chi connectivity index (χ2v) is 11.9. The van der Waals surface area contributed by atoms with Crippen molar-refractivity contribution in [2.45, 2.75) is 103 Å². The normalized spacial score (nSPS) is 51.5. The first-order valence-electron chi connectivity index (χ1n) is 12.3. The van der Waals surface area contributed by atoms with Gasteiger partial charge in [-0.05, 0) is 104 Å². The quantitative estimate of drug-likeness (QED) is 0.540. The number of aliphatic hydroxyl groups excluding tert-OH is 3. The first-order chi connectivity index (χ1) is 14.1. The molecule has 4 aliphatic rings. The van der Waals surface area contributed by atoms with Gasteiger partial charge in [0.25, 0.3) is 0 Å². The molecule has 4 aliphatic carbocycles. The van der Waals surface area contributed by atoms with Gasteiger partial charge in [-0.1, -0.05) is 20.8 Å². The summed E-state index contributed by atoms with van der Waals surface area (Å²) in [6.07, 6.45) is 7.28. The first-order valence-corrected chi connectivity index (χ1v) is 12.3. The van der Waals surface area contributed by atoms with Crippen LogP contribution in [0.4, 0.5) is 0 Å². The molecule has 0 saturated heterocycles. The molecular formula is C25H42O5. The molecule has 0 bridgehead atoms. The smallest absolute Gasteiger partial charge is 0.303 e. The van der Waals surface area contributed by atoms with Gasteiger partial charge < -0.3 is 20.4 Å². The first kappa shape index (κ1) is 22.5. The molecule has 11 atom stereocenters. The van der Waals surface area contributed by atoms with E-state index in [4.69, 9.17) is 5.11 Å². The van der Waals surface area contributed by atoms with Gasteiger partial charge in [-0.3, -0.25) is 4.79 Å². The van der Waals surface area contributed by atoms with Crippen molar-refractivity contribution in [3.8, 4) is 0 Å². The highest BCUT2D eigenvalue weighted by atomic mass is 16.4. The molecule has 172 valence electrons. The molecule has 4 saturated carbocycles. The average Bonchev–Trinajstić information content (AvgIpc) is 2.93. The SMILES string of the molecule is C[C@H](CCCC(=O)O)[C@H]1[C@H](O)C[C@H]2[C@@H]3[C@H](O)C[C@@H]4C[C@H](O)CC[C@]4(C)[C@H]3CC[C@]12C. The highest BCUT2D eigenvalue weighted by Gasteiger charge is 2.64. The fraction of sp³-hybridized carbons (Fsp3) is 0.960. The largest absolute Gasteiger partial charge is 0.481 e. The number of hydrogen-bond donors (Lipinski definition) is 4. The molecule has 0 aromatic heterocycles. The van der Waals surface area contributed by atoms with Gasteiger partial charge in [0.2, 0.25) is 0 Å². The minimum atomic E-state index is -0.746. The van der Waals surface area contributed by atoms with Gasteiger partial charge in [0.1, 0.15) is 0 Å². The predicted molar refractivity (Wildman–Crippen MR) is 115 cm³/mol. The highest BCUT2D eigenvalue weighted by Crippen LogP contribution is 2.68. The van der Waals surface area contributed by atoms with E-state index in [0.29, 0.717) is 30.1 Å². The van der Waals surface area contributed by atoms with Crippen molar-refractivity contribution in [1.82, 2.24) is 0 Å². The number of aliphatic hydroxyl groups is 3. The van der Waals surface area contributed by atoms with Gasteiger partial charge in [0, 0.05) is 6.42 Å². The Morgan fingerprint density at radius 1 is 0.967 bits per heavy atom. The zero-order valence-corrected chi connectivity index (χ0v) is 19.0. The lowest BCUT2D eigenvalue weighted by Crippen LogP contribution is -2.58. The van der Waals surface area contributed by atoms with Crippen LogP contribution in [0.5, 0.6) is 0 Å². The lowest BCUT2D eigenvalue weighted by Gasteiger charge is -2.62. The van der Waals surface area contributed by atoms with Crippen LogP contribution in [0, 0.1) is 46.3 Å². The van der Waals surface area contributed by atoms with Crippen LogP contribution in [0.1, 0.15) is 85.0 Å². The Morgan fingerprint density at radius 2 is 1.67 bits per heavy atom. The second-order valence-electron chi connectivity index (χ2n) is 11.9. The number of hydrogen-bond acceptors (Lipinski definition) is 4. The Labute approximate surface area is 181 Å². The number of carboxylic acids is 1. The van der Waals surface area contributed by atoms with Crippen molar-refractivity contribution in [2.24, 2.45) is 46.3 Å². The Morgan fingerprint density at radius 3 is 2.37 bits per heavy atom. The molecule has 0 unspecified atom stereocenters. The van der Waals surface area contributed by atoms with E-state index < -0.39 is 5.97 Å². The number of fused-ring (bicyclic) bond motifs is 5. The van der Waals surface area contributed by atoms with Crippen LogP contribution >= 0.6 is 0 Å². The van der Waals surface area contributed by atoms with E-state index in [1.165, 1.54) is 0 Å². The summed E-state index contributed by atoms with van der Waals surface area (Å²) < 4.78 is 0. The topological polar surface area (TPSA) is 98.0 Å². The van der Waals surface area contributed by atoms with Crippen LogP contribution in [-0.2, 0) is 4.79 Å². The monoisotopic (exact) mass is 422 g/mol. The molecule has 5 nitrogen and oxygen atoms in total. The molecule has 4 N–H and O–H groups in total. The second kappa shape index (κ2) is 8.04. The summed E-state index contributed by atoms with van der Waals surface area (Å²) >= 11 is 0. The highest BCUT2D eigenvalue weighted by molar-refractivity contribution is 5.66. The molecule has 30 heavy (non-hydrogen) atoms. The minimum Gasteiger partial charge on any atom is -0.481 e. The summed E-state index contributed by atoms with van der Waals surface area (Å²) in [4.78, 5) is 10.9. The van der Waals surface area contributed by atoms with E-state index in [-0.39, 0.29) is 47.4 Å². The van der Waals surface area contributed by atoms with E-state index in [0.717, 1.165) is 51.4 Å². The number of carbonyl (C=O) groups is 1. The fourth-order valence-corrected chi connectivity index (χ4v) is 9.04. The van der Waals surface area contributed by atoms with Crippen molar-refractivity contribution in [2.75, 3.05) is 0 Å². The molecule has 4 rings (SSSR count). The van der Waals surface area contributed by atoms with Crippen LogP contribution in [0.2, 0.25) is 0 Å². The molecule has 4 fully saturated rings. The van der Waals surface area contributed by atoms with E-state index >= 15 is 0 Å². The average molecular weight is 423 g/mol. The molecule has 0 aliphatic heterocycles. The van der Waals surface area contributed by atoms with Gasteiger partial charge in [-0.15, -0.1) is 0 Å². The van der Waals surface area contributed by atoms with Crippen molar-refractivity contribution in [3.05, 3.63) is 0 Å². The summed E-state index contributed by atoms with van der Waals surface area (Å²) in [6.45, 7) is 6.94. The number of aliphatic carboxylic acids is 1. The number of carboxylic acid groups (broad SMARTS) is 1. The molecule has 0 aromatic carbocycles. The van der Waals surface area contributed by atoms with Gasteiger partial charge >= 0.3 is 5.97 Å². The molecule has 5 heteroatoms. The molecule has 0 heterocycles. The summed E-state index contributed by atoms with van der Waals surface area (Å²) in [5.41, 5.74) is 0.210. The third kappa shape index (κ3) is 3.53. The molecule has 0 radical (unpaired) electrons. The van der Waals surface area contributed by atoms with Crippen molar-refractivity contribution >= 4 is 5.97 Å². The zero-order chi connectivity index (χ0) is 21.8.